The van der Waals surface area contributed by atoms with Gasteiger partial charge in [0.2, 0.25) is 5.91 Å². The third-order valence-corrected chi connectivity index (χ3v) is 4.67. The van der Waals surface area contributed by atoms with Gasteiger partial charge in [0.15, 0.2) is 5.82 Å². The van der Waals surface area contributed by atoms with Gasteiger partial charge in [-0.3, -0.25) is 10.2 Å². The van der Waals surface area contributed by atoms with Crippen LogP contribution in [0.25, 0.3) is 0 Å². The maximum atomic E-state index is 12.5. The molecule has 2 aliphatic rings. The van der Waals surface area contributed by atoms with Gasteiger partial charge < -0.3 is 9.80 Å². The van der Waals surface area contributed by atoms with Crippen LogP contribution in [-0.2, 0) is 4.79 Å². The number of aryl methyl sites for hydroxylation is 1. The summed E-state index contributed by atoms with van der Waals surface area (Å²) in [7, 11) is 2.11. The largest absolute Gasteiger partial charge is 0.354 e. The molecule has 0 spiro atoms. The summed E-state index contributed by atoms with van der Waals surface area (Å²) in [5.41, 5.74) is 4.01. The molecule has 0 radical (unpaired) electrons. The highest BCUT2D eigenvalue weighted by molar-refractivity contribution is 5.79. The summed E-state index contributed by atoms with van der Waals surface area (Å²) < 4.78 is 0. The fourth-order valence-electron chi connectivity index (χ4n) is 3.13. The molecule has 126 valence electrons. The van der Waals surface area contributed by atoms with E-state index in [4.69, 9.17) is 0 Å². The number of aromatic nitrogens is 2. The Labute approximate surface area is 137 Å². The number of likely N-dealkylation sites (N-methyl/N-ethyl adjacent to an activating group) is 1. The molecule has 1 aromatic heterocycles. The maximum Gasteiger partial charge on any atom is 0.239 e. The van der Waals surface area contributed by atoms with Crippen molar-refractivity contribution >= 4 is 11.7 Å². The third kappa shape index (κ3) is 4.17. The smallest absolute Gasteiger partial charge is 0.239 e. The van der Waals surface area contributed by atoms with Crippen molar-refractivity contribution in [3.63, 3.8) is 0 Å². The van der Waals surface area contributed by atoms with Gasteiger partial charge >= 0.3 is 0 Å². The molecule has 23 heavy (non-hydrogen) atoms. The van der Waals surface area contributed by atoms with Crippen LogP contribution in [0.15, 0.2) is 12.1 Å². The normalized spacial score (nSPS) is 23.7. The minimum absolute atomic E-state index is 0.0199. The lowest BCUT2D eigenvalue weighted by atomic mass is 9.97. The lowest BCUT2D eigenvalue weighted by Gasteiger charge is -2.36. The summed E-state index contributed by atoms with van der Waals surface area (Å²) in [6.07, 6.45) is 1.95. The van der Waals surface area contributed by atoms with E-state index in [1.165, 1.54) is 0 Å². The average molecular weight is 318 g/mol. The number of piperazine rings is 1. The van der Waals surface area contributed by atoms with Gasteiger partial charge in [-0.1, -0.05) is 0 Å². The summed E-state index contributed by atoms with van der Waals surface area (Å²) in [4.78, 5) is 17.0. The van der Waals surface area contributed by atoms with Crippen LogP contribution >= 0.6 is 0 Å². The second-order valence-corrected chi connectivity index (χ2v) is 6.58. The highest BCUT2D eigenvalue weighted by atomic mass is 16.2. The lowest BCUT2D eigenvalue weighted by Crippen LogP contribution is -2.55. The first-order valence-electron chi connectivity index (χ1n) is 8.41. The van der Waals surface area contributed by atoms with E-state index in [0.717, 1.165) is 63.6 Å². The van der Waals surface area contributed by atoms with Crippen molar-refractivity contribution in [1.29, 1.82) is 0 Å². The van der Waals surface area contributed by atoms with Gasteiger partial charge in [0.25, 0.3) is 0 Å². The first kappa shape index (κ1) is 16.1. The molecule has 1 atom stereocenters. The summed E-state index contributed by atoms with van der Waals surface area (Å²) in [5.74, 6) is 1.03. The molecule has 1 aromatic rings. The van der Waals surface area contributed by atoms with Crippen molar-refractivity contribution in [2.75, 3.05) is 51.2 Å². The molecule has 2 aliphatic heterocycles. The van der Waals surface area contributed by atoms with Crippen LogP contribution in [0.4, 0.5) is 5.82 Å². The fourth-order valence-corrected chi connectivity index (χ4v) is 3.13. The number of carbonyl (C=O) groups is 1. The number of nitrogens with zero attached hydrogens (tertiary/aromatic N) is 5. The first-order valence-corrected chi connectivity index (χ1v) is 8.41. The van der Waals surface area contributed by atoms with E-state index >= 15 is 0 Å². The van der Waals surface area contributed by atoms with Crippen LogP contribution in [0.1, 0.15) is 18.5 Å². The lowest BCUT2D eigenvalue weighted by molar-refractivity contribution is -0.131. The van der Waals surface area contributed by atoms with E-state index in [2.05, 4.69) is 32.5 Å². The highest BCUT2D eigenvalue weighted by Gasteiger charge is 2.28. The molecule has 0 aromatic carbocycles. The van der Waals surface area contributed by atoms with Crippen molar-refractivity contribution in [2.24, 2.45) is 5.92 Å². The molecule has 0 bridgehead atoms. The number of nitrogens with one attached hydrogen (secondary N) is 1. The quantitative estimate of drug-likeness (QED) is 0.864. The van der Waals surface area contributed by atoms with E-state index in [1.54, 1.807) is 0 Å². The topological polar surface area (TPSA) is 64.6 Å². The van der Waals surface area contributed by atoms with E-state index in [9.17, 15) is 4.79 Å². The predicted octanol–water partition coefficient (Wildman–Crippen LogP) is 0.280. The van der Waals surface area contributed by atoms with Gasteiger partial charge in [0, 0.05) is 39.3 Å². The second kappa shape index (κ2) is 7.23. The molecular weight excluding hydrogens is 292 g/mol. The molecule has 2 saturated heterocycles. The molecule has 1 unspecified atom stereocenters. The summed E-state index contributed by atoms with van der Waals surface area (Å²) in [5, 5.41) is 10.4. The van der Waals surface area contributed by atoms with Gasteiger partial charge in [-0.15, -0.1) is 5.10 Å². The molecular formula is C16H26N6O. The van der Waals surface area contributed by atoms with Crippen LogP contribution in [0.5, 0.6) is 0 Å². The molecule has 7 heteroatoms. The van der Waals surface area contributed by atoms with Gasteiger partial charge in [0.1, 0.15) is 0 Å². The van der Waals surface area contributed by atoms with Crippen molar-refractivity contribution < 1.29 is 4.79 Å². The number of amides is 1. The molecule has 0 aliphatic carbocycles. The molecule has 7 nitrogen and oxygen atoms in total. The van der Waals surface area contributed by atoms with Crippen LogP contribution in [0.2, 0.25) is 0 Å². The van der Waals surface area contributed by atoms with Gasteiger partial charge in [-0.25, -0.2) is 5.01 Å². The number of hydrazine groups is 1. The van der Waals surface area contributed by atoms with Crippen LogP contribution in [-0.4, -0.2) is 72.3 Å². The van der Waals surface area contributed by atoms with Gasteiger partial charge in [-0.05, 0) is 38.9 Å². The van der Waals surface area contributed by atoms with E-state index in [-0.39, 0.29) is 11.8 Å². The Hall–Kier alpha value is -1.73. The molecule has 3 rings (SSSR count). The van der Waals surface area contributed by atoms with Gasteiger partial charge in [0.05, 0.1) is 11.6 Å². The van der Waals surface area contributed by atoms with Crippen molar-refractivity contribution in [3.8, 4) is 0 Å². The maximum absolute atomic E-state index is 12.5. The van der Waals surface area contributed by atoms with Crippen LogP contribution in [0.3, 0.4) is 0 Å². The van der Waals surface area contributed by atoms with Crippen molar-refractivity contribution in [2.45, 2.75) is 19.8 Å². The summed E-state index contributed by atoms with van der Waals surface area (Å²) in [6, 6.07) is 3.96. The SMILES string of the molecule is Cc1ccc(N2CCCC(C(=O)NN3CCN(C)CC3)C2)nn1. The zero-order chi connectivity index (χ0) is 16.2. The predicted molar refractivity (Wildman–Crippen MR) is 88.9 cm³/mol. The number of piperidine rings is 1. The van der Waals surface area contributed by atoms with E-state index in [0.29, 0.717) is 0 Å². The molecule has 2 fully saturated rings. The summed E-state index contributed by atoms with van der Waals surface area (Å²) >= 11 is 0. The van der Waals surface area contributed by atoms with E-state index in [1.807, 2.05) is 24.1 Å². The first-order chi connectivity index (χ1) is 11.1. The second-order valence-electron chi connectivity index (χ2n) is 6.58. The number of rotatable bonds is 3. The monoisotopic (exact) mass is 318 g/mol. The minimum atomic E-state index is 0.0199. The molecule has 1 N–H and O–H groups in total. The Morgan fingerprint density at radius 3 is 2.65 bits per heavy atom. The van der Waals surface area contributed by atoms with Gasteiger partial charge in [-0.2, -0.15) is 5.10 Å². The number of hydrogen-bond acceptors (Lipinski definition) is 6. The molecule has 1 amide bonds. The molecule has 0 saturated carbocycles. The van der Waals surface area contributed by atoms with Crippen LogP contribution in [0, 0.1) is 12.8 Å². The average Bonchev–Trinajstić information content (AvgIpc) is 2.58. The Balaban J connectivity index is 1.55. The molecule has 3 heterocycles. The van der Waals surface area contributed by atoms with E-state index < -0.39 is 0 Å². The summed E-state index contributed by atoms with van der Waals surface area (Å²) in [6.45, 7) is 7.36. The minimum Gasteiger partial charge on any atom is -0.354 e. The zero-order valence-electron chi connectivity index (χ0n) is 14.0. The Morgan fingerprint density at radius 2 is 1.96 bits per heavy atom. The third-order valence-electron chi connectivity index (χ3n) is 4.67. The zero-order valence-corrected chi connectivity index (χ0v) is 14.0. The standard InChI is InChI=1S/C16H26N6O/c1-13-5-6-15(18-17-13)21-7-3-4-14(12-21)16(23)19-22-10-8-20(2)9-11-22/h5-6,14H,3-4,7-12H2,1-2H3,(H,19,23). The fraction of sp³-hybridized carbons (Fsp3) is 0.688. The van der Waals surface area contributed by atoms with Crippen molar-refractivity contribution in [1.82, 2.24) is 25.5 Å². The van der Waals surface area contributed by atoms with Crippen LogP contribution < -0.4 is 10.3 Å². The number of anilines is 1. The Kier molecular flexibility index (Phi) is 5.07. The Morgan fingerprint density at radius 1 is 1.17 bits per heavy atom. The number of hydrogen-bond donors (Lipinski definition) is 1. The van der Waals surface area contributed by atoms with Crippen molar-refractivity contribution in [3.05, 3.63) is 17.8 Å². The Bertz CT molecular complexity index is 526. The highest BCUT2D eigenvalue weighted by Crippen LogP contribution is 2.21. The number of carbonyl (C=O) groups excluding carboxylic acids is 1.